The number of piperidine rings is 2. The molecule has 2 aliphatic heterocycles. The molecule has 1 N–H and O–H groups in total. The monoisotopic (exact) mass is 464 g/mol. The Morgan fingerprint density at radius 2 is 1.94 bits per heavy atom. The lowest BCUT2D eigenvalue weighted by Crippen LogP contribution is -2.46. The van der Waals surface area contributed by atoms with Gasteiger partial charge in [0.05, 0.1) is 16.3 Å². The van der Waals surface area contributed by atoms with E-state index in [4.69, 9.17) is 4.42 Å². The van der Waals surface area contributed by atoms with Crippen LogP contribution in [-0.2, 0) is 21.9 Å². The fraction of sp³-hybridized carbons (Fsp3) is 0.636. The summed E-state index contributed by atoms with van der Waals surface area (Å²) in [5, 5.41) is 3.00. The maximum absolute atomic E-state index is 13.2. The summed E-state index contributed by atoms with van der Waals surface area (Å²) < 4.78 is 34.2. The number of aryl methyl sites for hydroxylation is 1. The van der Waals surface area contributed by atoms with E-state index >= 15 is 0 Å². The number of amides is 1. The molecule has 2 saturated heterocycles. The molecule has 1 atom stereocenters. The molecule has 0 radical (unpaired) electrons. The smallest absolute Gasteiger partial charge is 0.408 e. The predicted molar refractivity (Wildman–Crippen MR) is 121 cm³/mol. The van der Waals surface area contributed by atoms with Gasteiger partial charge in [-0.2, -0.15) is 4.31 Å². The maximum Gasteiger partial charge on any atom is 0.419 e. The topological polar surface area (TPSA) is 105 Å². The molecule has 3 heterocycles. The highest BCUT2D eigenvalue weighted by molar-refractivity contribution is 7.89. The van der Waals surface area contributed by atoms with Crippen molar-refractivity contribution in [2.24, 2.45) is 18.9 Å². The van der Waals surface area contributed by atoms with Crippen LogP contribution in [0, 0.1) is 11.8 Å². The second-order valence-corrected chi connectivity index (χ2v) is 11.0. The number of benzene rings is 1. The molecule has 9 nitrogen and oxygen atoms in total. The first kappa shape index (κ1) is 23.0. The number of carbonyl (C=O) groups is 1. The van der Waals surface area contributed by atoms with Crippen LogP contribution >= 0.6 is 0 Å². The number of sulfonamides is 1. The first-order valence-electron chi connectivity index (χ1n) is 11.4. The van der Waals surface area contributed by atoms with Gasteiger partial charge in [0.15, 0.2) is 5.58 Å². The summed E-state index contributed by atoms with van der Waals surface area (Å²) in [4.78, 5) is 26.9. The van der Waals surface area contributed by atoms with E-state index in [-0.39, 0.29) is 28.8 Å². The van der Waals surface area contributed by atoms with Crippen LogP contribution < -0.4 is 11.1 Å². The van der Waals surface area contributed by atoms with Crippen molar-refractivity contribution in [2.45, 2.75) is 37.5 Å². The normalized spacial score (nSPS) is 21.8. The molecule has 10 heteroatoms. The Kier molecular flexibility index (Phi) is 6.73. The third kappa shape index (κ3) is 4.77. The number of fused-ring (bicyclic) bond motifs is 1. The van der Waals surface area contributed by atoms with Gasteiger partial charge in [-0.25, -0.2) is 13.2 Å². The van der Waals surface area contributed by atoms with E-state index in [0.29, 0.717) is 31.4 Å². The highest BCUT2D eigenvalue weighted by Gasteiger charge is 2.33. The molecule has 2 aromatic rings. The summed E-state index contributed by atoms with van der Waals surface area (Å²) in [7, 11) is -2.22. The number of aromatic nitrogens is 1. The van der Waals surface area contributed by atoms with Crippen LogP contribution in [0.5, 0.6) is 0 Å². The van der Waals surface area contributed by atoms with Gasteiger partial charge in [-0.1, -0.05) is 6.92 Å². The van der Waals surface area contributed by atoms with Crippen LogP contribution in [0.25, 0.3) is 11.1 Å². The number of hydrogen-bond donors (Lipinski definition) is 1. The zero-order chi connectivity index (χ0) is 22.9. The van der Waals surface area contributed by atoms with Crippen molar-refractivity contribution in [3.05, 3.63) is 28.7 Å². The molecule has 176 valence electrons. The molecule has 4 rings (SSSR count). The standard InChI is InChI=1S/C22H32N4O5S/c1-16-7-11-25(12-8-16)13-9-23-21(27)17-4-3-10-26(15-17)32(29,30)18-5-6-19-20(14-18)31-22(28)24(19)2/h5-6,14,16-17H,3-4,7-13,15H2,1-2H3,(H,23,27)/t17-/m0/s1. The molecular weight excluding hydrogens is 432 g/mol. The van der Waals surface area contributed by atoms with Crippen molar-refractivity contribution in [2.75, 3.05) is 39.3 Å². The van der Waals surface area contributed by atoms with Gasteiger partial charge in [-0.15, -0.1) is 0 Å². The number of rotatable bonds is 6. The van der Waals surface area contributed by atoms with E-state index in [1.807, 2.05) is 0 Å². The van der Waals surface area contributed by atoms with E-state index in [2.05, 4.69) is 17.1 Å². The molecule has 1 aromatic heterocycles. The number of likely N-dealkylation sites (tertiary alicyclic amines) is 1. The van der Waals surface area contributed by atoms with Gasteiger partial charge in [0.2, 0.25) is 15.9 Å². The minimum absolute atomic E-state index is 0.0692. The fourth-order valence-corrected chi connectivity index (χ4v) is 6.11. The molecule has 0 spiro atoms. The lowest BCUT2D eigenvalue weighted by molar-refractivity contribution is -0.126. The number of nitrogens with one attached hydrogen (secondary N) is 1. The van der Waals surface area contributed by atoms with Crippen molar-refractivity contribution in [3.63, 3.8) is 0 Å². The maximum atomic E-state index is 13.2. The fourth-order valence-electron chi connectivity index (χ4n) is 4.57. The number of oxazole rings is 1. The molecular formula is C22H32N4O5S. The van der Waals surface area contributed by atoms with Crippen molar-refractivity contribution < 1.29 is 17.6 Å². The van der Waals surface area contributed by atoms with Crippen molar-refractivity contribution in [1.29, 1.82) is 0 Å². The summed E-state index contributed by atoms with van der Waals surface area (Å²) in [6.07, 6.45) is 3.69. The Hall–Kier alpha value is -2.17. The summed E-state index contributed by atoms with van der Waals surface area (Å²) >= 11 is 0. The van der Waals surface area contributed by atoms with Gasteiger partial charge >= 0.3 is 5.76 Å². The largest absolute Gasteiger partial charge is 0.419 e. The summed E-state index contributed by atoms with van der Waals surface area (Å²) in [6, 6.07) is 4.44. The van der Waals surface area contributed by atoms with Crippen LogP contribution in [0.2, 0.25) is 0 Å². The molecule has 0 saturated carbocycles. The first-order valence-corrected chi connectivity index (χ1v) is 12.8. The minimum Gasteiger partial charge on any atom is -0.408 e. The Balaban J connectivity index is 1.37. The van der Waals surface area contributed by atoms with Gasteiger partial charge in [-0.3, -0.25) is 9.36 Å². The van der Waals surface area contributed by atoms with Gasteiger partial charge < -0.3 is 14.6 Å². The molecule has 1 aromatic carbocycles. The van der Waals surface area contributed by atoms with Crippen molar-refractivity contribution in [3.8, 4) is 0 Å². The third-order valence-corrected chi connectivity index (χ3v) is 8.62. The zero-order valence-corrected chi connectivity index (χ0v) is 19.6. The zero-order valence-electron chi connectivity index (χ0n) is 18.7. The van der Waals surface area contributed by atoms with Gasteiger partial charge in [-0.05, 0) is 56.8 Å². The Morgan fingerprint density at radius 3 is 2.69 bits per heavy atom. The summed E-state index contributed by atoms with van der Waals surface area (Å²) in [6.45, 7) is 6.35. The van der Waals surface area contributed by atoms with Crippen LogP contribution in [-0.4, -0.2) is 67.4 Å². The van der Waals surface area contributed by atoms with E-state index in [9.17, 15) is 18.0 Å². The van der Waals surface area contributed by atoms with Gasteiger partial charge in [0.25, 0.3) is 0 Å². The van der Waals surface area contributed by atoms with Crippen LogP contribution in [0.1, 0.15) is 32.6 Å². The number of carbonyl (C=O) groups excluding carboxylic acids is 1. The predicted octanol–water partition coefficient (Wildman–Crippen LogP) is 1.38. The Morgan fingerprint density at radius 1 is 1.19 bits per heavy atom. The van der Waals surface area contributed by atoms with E-state index in [1.165, 1.54) is 33.8 Å². The van der Waals surface area contributed by atoms with Gasteiger partial charge in [0, 0.05) is 39.3 Å². The molecule has 32 heavy (non-hydrogen) atoms. The van der Waals surface area contributed by atoms with Crippen molar-refractivity contribution in [1.82, 2.24) is 19.1 Å². The number of hydrogen-bond acceptors (Lipinski definition) is 6. The lowest BCUT2D eigenvalue weighted by Gasteiger charge is -2.32. The van der Waals surface area contributed by atoms with E-state index in [1.54, 1.807) is 13.1 Å². The minimum atomic E-state index is -3.79. The molecule has 0 unspecified atom stereocenters. The molecule has 1 amide bonds. The van der Waals surface area contributed by atoms with Crippen LogP contribution in [0.4, 0.5) is 0 Å². The first-order chi connectivity index (χ1) is 15.3. The third-order valence-electron chi connectivity index (χ3n) is 6.76. The summed E-state index contributed by atoms with van der Waals surface area (Å²) in [5.41, 5.74) is 0.769. The Labute approximate surface area is 188 Å². The van der Waals surface area contributed by atoms with Gasteiger partial charge in [0.1, 0.15) is 0 Å². The van der Waals surface area contributed by atoms with E-state index in [0.717, 1.165) is 25.6 Å². The second-order valence-electron chi connectivity index (χ2n) is 9.07. The summed E-state index contributed by atoms with van der Waals surface area (Å²) in [5.74, 6) is -0.212. The highest BCUT2D eigenvalue weighted by Crippen LogP contribution is 2.26. The van der Waals surface area contributed by atoms with Crippen LogP contribution in [0.15, 0.2) is 32.3 Å². The average molecular weight is 465 g/mol. The van der Waals surface area contributed by atoms with Crippen LogP contribution in [0.3, 0.4) is 0 Å². The second kappa shape index (κ2) is 9.36. The molecule has 0 bridgehead atoms. The quantitative estimate of drug-likeness (QED) is 0.693. The average Bonchev–Trinajstić information content (AvgIpc) is 3.08. The lowest BCUT2D eigenvalue weighted by atomic mass is 9.98. The van der Waals surface area contributed by atoms with Crippen molar-refractivity contribution >= 4 is 27.0 Å². The SMILES string of the molecule is CC1CCN(CCNC(=O)[C@H]2CCCN(S(=O)(=O)c3ccc4c(c3)oc(=O)n4C)C2)CC1. The molecule has 0 aliphatic carbocycles. The van der Waals surface area contributed by atoms with E-state index < -0.39 is 15.8 Å². The number of nitrogens with zero attached hydrogens (tertiary/aromatic N) is 3. The highest BCUT2D eigenvalue weighted by atomic mass is 32.2. The Bertz CT molecular complexity index is 1130. The molecule has 2 fully saturated rings. The molecule has 2 aliphatic rings.